The standard InChI is InChI=1S/C18H26N2O4/c1-3-23-16-9-14-8-13(2)24-17(14)10-15(16)11-19-18(21)12-20-4-6-22-7-5-20/h9-10,13H,3-8,11-12H2,1-2H3,(H,19,21)/t13-/m1/s1. The second-order valence-corrected chi connectivity index (χ2v) is 6.30. The Morgan fingerprint density at radius 3 is 2.92 bits per heavy atom. The first kappa shape index (κ1) is 17.0. The number of hydrogen-bond donors (Lipinski definition) is 1. The zero-order chi connectivity index (χ0) is 16.9. The Balaban J connectivity index is 1.61. The van der Waals surface area contributed by atoms with E-state index in [1.165, 1.54) is 5.56 Å². The lowest BCUT2D eigenvalue weighted by Gasteiger charge is -2.25. The van der Waals surface area contributed by atoms with Crippen molar-refractivity contribution in [3.8, 4) is 11.5 Å². The van der Waals surface area contributed by atoms with Gasteiger partial charge in [0.2, 0.25) is 5.91 Å². The van der Waals surface area contributed by atoms with Crippen LogP contribution in [-0.4, -0.2) is 56.4 Å². The van der Waals surface area contributed by atoms with Crippen LogP contribution in [-0.2, 0) is 22.5 Å². The summed E-state index contributed by atoms with van der Waals surface area (Å²) in [6, 6.07) is 4.05. The van der Waals surface area contributed by atoms with Gasteiger partial charge in [-0.1, -0.05) is 0 Å². The van der Waals surface area contributed by atoms with Crippen LogP contribution in [0.15, 0.2) is 12.1 Å². The number of benzene rings is 1. The van der Waals surface area contributed by atoms with Gasteiger partial charge in [0.05, 0.1) is 26.4 Å². The fourth-order valence-electron chi connectivity index (χ4n) is 3.12. The van der Waals surface area contributed by atoms with Crippen molar-refractivity contribution in [1.29, 1.82) is 0 Å². The molecule has 2 aliphatic rings. The quantitative estimate of drug-likeness (QED) is 0.851. The zero-order valence-electron chi connectivity index (χ0n) is 14.5. The van der Waals surface area contributed by atoms with Crippen LogP contribution in [0.25, 0.3) is 0 Å². The highest BCUT2D eigenvalue weighted by molar-refractivity contribution is 5.78. The van der Waals surface area contributed by atoms with Gasteiger partial charge in [-0.05, 0) is 26.0 Å². The predicted octanol–water partition coefficient (Wildman–Crippen LogP) is 1.36. The molecule has 0 unspecified atom stereocenters. The molecular weight excluding hydrogens is 308 g/mol. The van der Waals surface area contributed by atoms with Crippen molar-refractivity contribution in [2.75, 3.05) is 39.5 Å². The lowest BCUT2D eigenvalue weighted by molar-refractivity contribution is -0.123. The molecule has 0 bridgehead atoms. The second kappa shape index (κ2) is 7.85. The number of carbonyl (C=O) groups is 1. The fraction of sp³-hybridized carbons (Fsp3) is 0.611. The molecule has 0 aromatic heterocycles. The fourth-order valence-corrected chi connectivity index (χ4v) is 3.12. The summed E-state index contributed by atoms with van der Waals surface area (Å²) in [6.07, 6.45) is 1.10. The summed E-state index contributed by atoms with van der Waals surface area (Å²) >= 11 is 0. The van der Waals surface area contributed by atoms with Crippen LogP contribution in [0.4, 0.5) is 0 Å². The van der Waals surface area contributed by atoms with E-state index < -0.39 is 0 Å². The minimum atomic E-state index is 0.0223. The molecule has 1 fully saturated rings. The van der Waals surface area contributed by atoms with Crippen LogP contribution in [0.1, 0.15) is 25.0 Å². The molecule has 2 heterocycles. The number of amides is 1. The van der Waals surface area contributed by atoms with Gasteiger partial charge >= 0.3 is 0 Å². The predicted molar refractivity (Wildman–Crippen MR) is 90.5 cm³/mol. The number of hydrogen-bond acceptors (Lipinski definition) is 5. The third-order valence-electron chi connectivity index (χ3n) is 4.33. The van der Waals surface area contributed by atoms with E-state index in [2.05, 4.69) is 17.1 Å². The Kier molecular flexibility index (Phi) is 5.58. The Labute approximate surface area is 143 Å². The molecule has 6 heteroatoms. The minimum absolute atomic E-state index is 0.0223. The van der Waals surface area contributed by atoms with Crippen molar-refractivity contribution in [2.45, 2.75) is 32.9 Å². The SMILES string of the molecule is CCOc1cc2c(cc1CNC(=O)CN1CCOCC1)O[C@H](C)C2. The van der Waals surface area contributed by atoms with Gasteiger partial charge < -0.3 is 19.5 Å². The summed E-state index contributed by atoms with van der Waals surface area (Å²) in [5, 5.41) is 2.99. The van der Waals surface area contributed by atoms with Crippen LogP contribution < -0.4 is 14.8 Å². The highest BCUT2D eigenvalue weighted by Crippen LogP contribution is 2.35. The molecule has 1 aromatic carbocycles. The molecule has 0 saturated carbocycles. The molecule has 0 radical (unpaired) electrons. The molecule has 6 nitrogen and oxygen atoms in total. The molecule has 0 spiro atoms. The van der Waals surface area contributed by atoms with Crippen LogP contribution in [0.3, 0.4) is 0 Å². The summed E-state index contributed by atoms with van der Waals surface area (Å²) in [5.41, 5.74) is 2.13. The maximum absolute atomic E-state index is 12.2. The molecule has 3 rings (SSSR count). The molecule has 132 valence electrons. The summed E-state index contributed by atoms with van der Waals surface area (Å²) in [5.74, 6) is 1.76. The summed E-state index contributed by atoms with van der Waals surface area (Å²) in [4.78, 5) is 14.3. The Bertz CT molecular complexity index is 585. The Morgan fingerprint density at radius 2 is 2.17 bits per heavy atom. The Hall–Kier alpha value is -1.79. The number of morpholine rings is 1. The number of rotatable bonds is 6. The summed E-state index contributed by atoms with van der Waals surface area (Å²) in [6.45, 7) is 8.49. The molecular formula is C18H26N2O4. The van der Waals surface area contributed by atoms with E-state index in [1.54, 1.807) is 0 Å². The largest absolute Gasteiger partial charge is 0.494 e. The highest BCUT2D eigenvalue weighted by atomic mass is 16.5. The molecule has 1 amide bonds. The normalized spacial score (nSPS) is 20.3. The van der Waals surface area contributed by atoms with Crippen molar-refractivity contribution in [3.05, 3.63) is 23.3 Å². The van der Waals surface area contributed by atoms with Crippen molar-refractivity contribution in [2.24, 2.45) is 0 Å². The van der Waals surface area contributed by atoms with Gasteiger partial charge in [-0.2, -0.15) is 0 Å². The molecule has 1 atom stereocenters. The number of fused-ring (bicyclic) bond motifs is 1. The van der Waals surface area contributed by atoms with Crippen molar-refractivity contribution in [1.82, 2.24) is 10.2 Å². The summed E-state index contributed by atoms with van der Waals surface area (Å²) in [7, 11) is 0. The van der Waals surface area contributed by atoms with Crippen LogP contribution >= 0.6 is 0 Å². The first-order valence-corrected chi connectivity index (χ1v) is 8.67. The van der Waals surface area contributed by atoms with Gasteiger partial charge in [0.1, 0.15) is 17.6 Å². The van der Waals surface area contributed by atoms with Gasteiger partial charge in [-0.3, -0.25) is 9.69 Å². The lowest BCUT2D eigenvalue weighted by Crippen LogP contribution is -2.43. The van der Waals surface area contributed by atoms with Crippen molar-refractivity contribution < 1.29 is 19.0 Å². The van der Waals surface area contributed by atoms with Gasteiger partial charge in [-0.25, -0.2) is 0 Å². The lowest BCUT2D eigenvalue weighted by atomic mass is 10.1. The summed E-state index contributed by atoms with van der Waals surface area (Å²) < 4.78 is 16.9. The monoisotopic (exact) mass is 334 g/mol. The average Bonchev–Trinajstić information content (AvgIpc) is 2.93. The van der Waals surface area contributed by atoms with Crippen LogP contribution in [0, 0.1) is 0 Å². The van der Waals surface area contributed by atoms with Gasteiger partial charge in [0.15, 0.2) is 0 Å². The first-order chi connectivity index (χ1) is 11.7. The molecule has 1 saturated heterocycles. The molecule has 1 aromatic rings. The van der Waals surface area contributed by atoms with Crippen LogP contribution in [0.2, 0.25) is 0 Å². The minimum Gasteiger partial charge on any atom is -0.494 e. The molecule has 1 N–H and O–H groups in total. The van der Waals surface area contributed by atoms with E-state index in [1.807, 2.05) is 19.1 Å². The van der Waals surface area contributed by atoms with E-state index in [-0.39, 0.29) is 12.0 Å². The molecule has 0 aliphatic carbocycles. The van der Waals surface area contributed by atoms with E-state index >= 15 is 0 Å². The third kappa shape index (κ3) is 4.19. The number of carbonyl (C=O) groups excluding carboxylic acids is 1. The number of ether oxygens (including phenoxy) is 3. The first-order valence-electron chi connectivity index (χ1n) is 8.67. The van der Waals surface area contributed by atoms with E-state index in [0.29, 0.717) is 32.9 Å². The van der Waals surface area contributed by atoms with Crippen LogP contribution in [0.5, 0.6) is 11.5 Å². The average molecular weight is 334 g/mol. The molecule has 2 aliphatic heterocycles. The van der Waals surface area contributed by atoms with Gasteiger partial charge in [-0.15, -0.1) is 0 Å². The van der Waals surface area contributed by atoms with Crippen molar-refractivity contribution in [3.63, 3.8) is 0 Å². The third-order valence-corrected chi connectivity index (χ3v) is 4.33. The number of nitrogens with one attached hydrogen (secondary N) is 1. The Morgan fingerprint density at radius 1 is 1.38 bits per heavy atom. The smallest absolute Gasteiger partial charge is 0.234 e. The number of nitrogens with zero attached hydrogens (tertiary/aromatic N) is 1. The van der Waals surface area contributed by atoms with Gasteiger partial charge in [0, 0.05) is 37.2 Å². The molecule has 24 heavy (non-hydrogen) atoms. The highest BCUT2D eigenvalue weighted by Gasteiger charge is 2.22. The topological polar surface area (TPSA) is 60.0 Å². The van der Waals surface area contributed by atoms with Gasteiger partial charge in [0.25, 0.3) is 0 Å². The zero-order valence-corrected chi connectivity index (χ0v) is 14.5. The maximum Gasteiger partial charge on any atom is 0.234 e. The van der Waals surface area contributed by atoms with E-state index in [4.69, 9.17) is 14.2 Å². The second-order valence-electron chi connectivity index (χ2n) is 6.30. The van der Waals surface area contributed by atoms with E-state index in [9.17, 15) is 4.79 Å². The van der Waals surface area contributed by atoms with E-state index in [0.717, 1.165) is 36.6 Å². The maximum atomic E-state index is 12.2. The van der Waals surface area contributed by atoms with Crippen molar-refractivity contribution >= 4 is 5.91 Å².